The smallest absolute Gasteiger partial charge is 0.413 e. The van der Waals surface area contributed by atoms with Gasteiger partial charge in [0.2, 0.25) is 5.96 Å². The lowest BCUT2D eigenvalue weighted by Crippen LogP contribution is -2.37. The molecule has 0 spiro atoms. The van der Waals surface area contributed by atoms with Crippen LogP contribution in [-0.4, -0.2) is 32.8 Å². The third kappa shape index (κ3) is 2.53. The second kappa shape index (κ2) is 5.39. The molecular weight excluding hydrogens is 234 g/mol. The lowest BCUT2D eigenvalue weighted by molar-refractivity contribution is 0.176. The zero-order chi connectivity index (χ0) is 13.0. The van der Waals surface area contributed by atoms with Crippen LogP contribution in [-0.2, 0) is 4.74 Å². The number of alkyl carbamates (subject to hydrolysis) is 1. The number of carbonyl (C=O) groups is 1. The van der Waals surface area contributed by atoms with Crippen LogP contribution in [0.25, 0.3) is 0 Å². The molecule has 96 valence electrons. The highest BCUT2D eigenvalue weighted by Gasteiger charge is 2.22. The predicted molar refractivity (Wildman–Crippen MR) is 66.7 cm³/mol. The SMILES string of the molecule is COC(=O)NC1=NC(c2ccccc2OC)CN1. The molecule has 1 unspecified atom stereocenters. The molecule has 1 aromatic rings. The number of nitrogens with one attached hydrogen (secondary N) is 2. The number of amides is 1. The van der Waals surface area contributed by atoms with E-state index < -0.39 is 6.09 Å². The van der Waals surface area contributed by atoms with E-state index in [0.717, 1.165) is 11.3 Å². The molecule has 1 aromatic carbocycles. The fraction of sp³-hybridized carbons (Fsp3) is 0.333. The molecule has 0 aromatic heterocycles. The van der Waals surface area contributed by atoms with Gasteiger partial charge in [0.15, 0.2) is 0 Å². The molecule has 2 N–H and O–H groups in total. The fourth-order valence-corrected chi connectivity index (χ4v) is 1.79. The first-order valence-electron chi connectivity index (χ1n) is 5.54. The van der Waals surface area contributed by atoms with Gasteiger partial charge in [0.25, 0.3) is 0 Å². The van der Waals surface area contributed by atoms with E-state index in [1.54, 1.807) is 7.11 Å². The van der Waals surface area contributed by atoms with Crippen molar-refractivity contribution in [1.29, 1.82) is 0 Å². The Morgan fingerprint density at radius 2 is 2.22 bits per heavy atom. The maximum atomic E-state index is 11.1. The molecule has 2 rings (SSSR count). The van der Waals surface area contributed by atoms with Gasteiger partial charge in [-0.25, -0.2) is 9.79 Å². The van der Waals surface area contributed by atoms with Crippen molar-refractivity contribution in [3.63, 3.8) is 0 Å². The Kier molecular flexibility index (Phi) is 3.66. The van der Waals surface area contributed by atoms with E-state index in [2.05, 4.69) is 20.4 Å². The predicted octanol–water partition coefficient (Wildman–Crippen LogP) is 1.05. The van der Waals surface area contributed by atoms with E-state index in [1.807, 2.05) is 24.3 Å². The maximum absolute atomic E-state index is 11.1. The van der Waals surface area contributed by atoms with Gasteiger partial charge in [0, 0.05) is 12.1 Å². The number of hydrogen-bond acceptors (Lipinski definition) is 5. The van der Waals surface area contributed by atoms with Gasteiger partial charge in [0.05, 0.1) is 20.3 Å². The summed E-state index contributed by atoms with van der Waals surface area (Å²) in [4.78, 5) is 15.4. The summed E-state index contributed by atoms with van der Waals surface area (Å²) in [5.41, 5.74) is 0.981. The van der Waals surface area contributed by atoms with E-state index in [0.29, 0.717) is 12.5 Å². The summed E-state index contributed by atoms with van der Waals surface area (Å²) in [5.74, 6) is 1.20. The molecule has 6 nitrogen and oxygen atoms in total. The summed E-state index contributed by atoms with van der Waals surface area (Å²) in [6.45, 7) is 0.611. The topological polar surface area (TPSA) is 72.0 Å². The van der Waals surface area contributed by atoms with Gasteiger partial charge in [-0.2, -0.15) is 0 Å². The Balaban J connectivity index is 2.14. The molecule has 0 bridgehead atoms. The average Bonchev–Trinajstić information content (AvgIpc) is 2.86. The quantitative estimate of drug-likeness (QED) is 0.821. The average molecular weight is 249 g/mol. The van der Waals surface area contributed by atoms with Crippen molar-refractivity contribution in [2.24, 2.45) is 4.99 Å². The van der Waals surface area contributed by atoms with Crippen LogP contribution in [0.2, 0.25) is 0 Å². The molecule has 1 heterocycles. The van der Waals surface area contributed by atoms with Crippen LogP contribution < -0.4 is 15.4 Å². The van der Waals surface area contributed by atoms with Crippen molar-refractivity contribution < 1.29 is 14.3 Å². The summed E-state index contributed by atoms with van der Waals surface area (Å²) in [5, 5.41) is 5.51. The zero-order valence-electron chi connectivity index (χ0n) is 10.3. The number of methoxy groups -OCH3 is 2. The molecule has 1 aliphatic rings. The van der Waals surface area contributed by atoms with Gasteiger partial charge in [-0.15, -0.1) is 0 Å². The lowest BCUT2D eigenvalue weighted by Gasteiger charge is -2.10. The van der Waals surface area contributed by atoms with Crippen LogP contribution in [0.1, 0.15) is 11.6 Å². The molecule has 18 heavy (non-hydrogen) atoms. The minimum Gasteiger partial charge on any atom is -0.496 e. The Morgan fingerprint density at radius 3 is 2.94 bits per heavy atom. The third-order valence-electron chi connectivity index (χ3n) is 2.65. The fourth-order valence-electron chi connectivity index (χ4n) is 1.79. The van der Waals surface area contributed by atoms with Gasteiger partial charge >= 0.3 is 6.09 Å². The van der Waals surface area contributed by atoms with Crippen LogP contribution in [0.3, 0.4) is 0 Å². The van der Waals surface area contributed by atoms with Crippen LogP contribution in [0.5, 0.6) is 5.75 Å². The maximum Gasteiger partial charge on any atom is 0.413 e. The van der Waals surface area contributed by atoms with Crippen molar-refractivity contribution >= 4 is 12.1 Å². The van der Waals surface area contributed by atoms with E-state index in [1.165, 1.54) is 7.11 Å². The molecule has 0 saturated heterocycles. The van der Waals surface area contributed by atoms with E-state index in [9.17, 15) is 4.79 Å². The van der Waals surface area contributed by atoms with E-state index in [4.69, 9.17) is 4.74 Å². The number of guanidine groups is 1. The second-order valence-corrected chi connectivity index (χ2v) is 3.73. The number of carbonyl (C=O) groups excluding carboxylic acids is 1. The first kappa shape index (κ1) is 12.2. The van der Waals surface area contributed by atoms with Gasteiger partial charge < -0.3 is 14.8 Å². The summed E-state index contributed by atoms with van der Waals surface area (Å²) >= 11 is 0. The summed E-state index contributed by atoms with van der Waals surface area (Å²) in [6, 6.07) is 7.60. The van der Waals surface area contributed by atoms with Crippen LogP contribution in [0.4, 0.5) is 4.79 Å². The largest absolute Gasteiger partial charge is 0.496 e. The van der Waals surface area contributed by atoms with Gasteiger partial charge in [-0.05, 0) is 6.07 Å². The first-order valence-corrected chi connectivity index (χ1v) is 5.54. The molecule has 6 heteroatoms. The van der Waals surface area contributed by atoms with Crippen molar-refractivity contribution in [3.8, 4) is 5.75 Å². The van der Waals surface area contributed by atoms with Crippen LogP contribution in [0.15, 0.2) is 29.3 Å². The zero-order valence-corrected chi connectivity index (χ0v) is 10.3. The molecular formula is C12H15N3O3. The first-order chi connectivity index (χ1) is 8.74. The Bertz CT molecular complexity index is 473. The normalized spacial score (nSPS) is 17.7. The number of aliphatic imine (C=N–C) groups is 1. The van der Waals surface area contributed by atoms with Crippen molar-refractivity contribution in [2.75, 3.05) is 20.8 Å². The number of ether oxygens (including phenoxy) is 2. The standard InChI is InChI=1S/C12H15N3O3/c1-17-10-6-4-3-5-8(10)9-7-13-11(14-9)15-12(16)18-2/h3-6,9H,7H2,1-2H3,(H2,13,14,15,16). The number of hydrogen-bond donors (Lipinski definition) is 2. The van der Waals surface area contributed by atoms with Crippen LogP contribution in [0, 0.1) is 0 Å². The summed E-state index contributed by atoms with van der Waals surface area (Å²) in [6.07, 6.45) is -0.540. The number of rotatable bonds is 2. The molecule has 0 radical (unpaired) electrons. The molecule has 0 fully saturated rings. The van der Waals surface area contributed by atoms with Crippen LogP contribution >= 0.6 is 0 Å². The highest BCUT2D eigenvalue weighted by molar-refractivity contribution is 5.94. The van der Waals surface area contributed by atoms with Crippen molar-refractivity contribution in [3.05, 3.63) is 29.8 Å². The molecule has 0 aliphatic carbocycles. The third-order valence-corrected chi connectivity index (χ3v) is 2.65. The van der Waals surface area contributed by atoms with Gasteiger partial charge in [0.1, 0.15) is 5.75 Å². The van der Waals surface area contributed by atoms with Gasteiger partial charge in [-0.3, -0.25) is 5.32 Å². The van der Waals surface area contributed by atoms with Crippen molar-refractivity contribution in [1.82, 2.24) is 10.6 Å². The Labute approximate surface area is 105 Å². The lowest BCUT2D eigenvalue weighted by atomic mass is 10.1. The van der Waals surface area contributed by atoms with Gasteiger partial charge in [-0.1, -0.05) is 18.2 Å². The Hall–Kier alpha value is -2.24. The second-order valence-electron chi connectivity index (χ2n) is 3.73. The molecule has 0 saturated carbocycles. The minimum absolute atomic E-state index is 0.0756. The summed E-state index contributed by atoms with van der Waals surface area (Å²) in [7, 11) is 2.93. The Morgan fingerprint density at radius 1 is 1.44 bits per heavy atom. The molecule has 1 aliphatic heterocycles. The highest BCUT2D eigenvalue weighted by Crippen LogP contribution is 2.28. The van der Waals surface area contributed by atoms with E-state index in [-0.39, 0.29) is 6.04 Å². The number of para-hydroxylation sites is 1. The molecule has 1 amide bonds. The number of benzene rings is 1. The minimum atomic E-state index is -0.540. The molecule has 1 atom stereocenters. The highest BCUT2D eigenvalue weighted by atomic mass is 16.5. The summed E-state index contributed by atoms with van der Waals surface area (Å²) < 4.78 is 9.79. The number of nitrogens with zero attached hydrogens (tertiary/aromatic N) is 1. The van der Waals surface area contributed by atoms with Crippen molar-refractivity contribution in [2.45, 2.75) is 6.04 Å². The monoisotopic (exact) mass is 249 g/mol. The van der Waals surface area contributed by atoms with E-state index >= 15 is 0 Å².